The van der Waals surface area contributed by atoms with Gasteiger partial charge in [-0.2, -0.15) is 0 Å². The first-order valence-electron chi connectivity index (χ1n) is 5.96. The summed E-state index contributed by atoms with van der Waals surface area (Å²) in [7, 11) is 0. The van der Waals surface area contributed by atoms with Crippen LogP contribution in [0.3, 0.4) is 0 Å². The van der Waals surface area contributed by atoms with Crippen LogP contribution in [0.25, 0.3) is 0 Å². The highest BCUT2D eigenvalue weighted by Crippen LogP contribution is 2.24. The van der Waals surface area contributed by atoms with E-state index in [0.717, 1.165) is 25.1 Å². The molecule has 3 heteroatoms. The van der Waals surface area contributed by atoms with Crippen molar-refractivity contribution in [3.05, 3.63) is 17.7 Å². The van der Waals surface area contributed by atoms with Crippen molar-refractivity contribution in [2.24, 2.45) is 5.73 Å². The molecule has 0 aliphatic rings. The van der Waals surface area contributed by atoms with Gasteiger partial charge in [0, 0.05) is 18.5 Å². The van der Waals surface area contributed by atoms with Crippen LogP contribution in [0, 0.1) is 0 Å². The van der Waals surface area contributed by atoms with E-state index >= 15 is 0 Å². The monoisotopic (exact) mass is 209 g/mol. The summed E-state index contributed by atoms with van der Waals surface area (Å²) in [6, 6.07) is 0.0700. The second kappa shape index (κ2) is 5.31. The van der Waals surface area contributed by atoms with E-state index in [4.69, 9.17) is 5.73 Å². The normalized spacial score (nSPS) is 13.5. The molecule has 0 saturated carbocycles. The molecule has 1 aromatic rings. The summed E-state index contributed by atoms with van der Waals surface area (Å²) in [5.41, 5.74) is 7.08. The van der Waals surface area contributed by atoms with Crippen LogP contribution in [-0.4, -0.2) is 9.55 Å². The number of nitrogens with zero attached hydrogens (tertiary/aromatic N) is 2. The van der Waals surface area contributed by atoms with Crippen molar-refractivity contribution in [1.82, 2.24) is 9.55 Å². The fourth-order valence-corrected chi connectivity index (χ4v) is 2.09. The highest BCUT2D eigenvalue weighted by atomic mass is 15.1. The molecule has 0 fully saturated rings. The van der Waals surface area contributed by atoms with E-state index < -0.39 is 0 Å². The Morgan fingerprint density at radius 3 is 2.33 bits per heavy atom. The van der Waals surface area contributed by atoms with Gasteiger partial charge in [0.2, 0.25) is 0 Å². The van der Waals surface area contributed by atoms with Gasteiger partial charge in [-0.25, -0.2) is 4.98 Å². The summed E-state index contributed by atoms with van der Waals surface area (Å²) < 4.78 is 2.27. The Hall–Kier alpha value is -0.830. The third-order valence-corrected chi connectivity index (χ3v) is 3.05. The maximum absolute atomic E-state index is 5.93. The maximum atomic E-state index is 5.93. The number of hydrogen-bond donors (Lipinski definition) is 1. The first-order chi connectivity index (χ1) is 7.15. The minimum atomic E-state index is 0.0700. The van der Waals surface area contributed by atoms with Crippen molar-refractivity contribution in [3.8, 4) is 0 Å². The molecule has 0 aromatic carbocycles. The Labute approximate surface area is 92.7 Å². The second-order valence-corrected chi connectivity index (χ2v) is 4.09. The maximum Gasteiger partial charge on any atom is 0.111 e. The summed E-state index contributed by atoms with van der Waals surface area (Å²) in [5, 5.41) is 0. The quantitative estimate of drug-likeness (QED) is 0.810. The molecule has 2 N–H and O–H groups in total. The van der Waals surface area contributed by atoms with Gasteiger partial charge < -0.3 is 10.3 Å². The van der Waals surface area contributed by atoms with E-state index in [1.165, 1.54) is 5.82 Å². The zero-order valence-electron chi connectivity index (χ0n) is 10.3. The molecule has 1 heterocycles. The predicted octanol–water partition coefficient (Wildman–Crippen LogP) is 2.83. The van der Waals surface area contributed by atoms with Gasteiger partial charge in [-0.05, 0) is 26.7 Å². The lowest BCUT2D eigenvalue weighted by molar-refractivity contribution is 0.540. The van der Waals surface area contributed by atoms with Crippen LogP contribution in [0.1, 0.15) is 64.0 Å². The Morgan fingerprint density at radius 1 is 1.33 bits per heavy atom. The van der Waals surface area contributed by atoms with Gasteiger partial charge in [0.25, 0.3) is 0 Å². The van der Waals surface area contributed by atoms with Crippen LogP contribution in [-0.2, 0) is 6.54 Å². The smallest absolute Gasteiger partial charge is 0.111 e. The van der Waals surface area contributed by atoms with Crippen molar-refractivity contribution < 1.29 is 0 Å². The van der Waals surface area contributed by atoms with Crippen molar-refractivity contribution in [2.75, 3.05) is 0 Å². The fraction of sp³-hybridized carbons (Fsp3) is 0.750. The van der Waals surface area contributed by atoms with E-state index in [1.54, 1.807) is 0 Å². The topological polar surface area (TPSA) is 43.8 Å². The summed E-state index contributed by atoms with van der Waals surface area (Å²) in [6.45, 7) is 9.56. The average Bonchev–Trinajstić information content (AvgIpc) is 2.63. The minimum Gasteiger partial charge on any atom is -0.331 e. The molecule has 86 valence electrons. The Bertz CT molecular complexity index is 298. The van der Waals surface area contributed by atoms with E-state index in [9.17, 15) is 0 Å². The first-order valence-corrected chi connectivity index (χ1v) is 5.96. The molecule has 0 radical (unpaired) electrons. The second-order valence-electron chi connectivity index (χ2n) is 4.09. The molecule has 0 aliphatic heterocycles. The SMILES string of the molecule is CCC(CC)c1ncc(C(C)N)n1CC. The molecule has 1 rings (SSSR count). The van der Waals surface area contributed by atoms with Gasteiger partial charge in [-0.15, -0.1) is 0 Å². The molecule has 0 amide bonds. The number of imidazole rings is 1. The van der Waals surface area contributed by atoms with Gasteiger partial charge in [-0.1, -0.05) is 13.8 Å². The highest BCUT2D eigenvalue weighted by molar-refractivity contribution is 5.12. The third kappa shape index (κ3) is 2.40. The molecule has 1 aromatic heterocycles. The standard InChI is InChI=1S/C12H23N3/c1-5-10(6-2)12-14-8-11(9(4)13)15(12)7-3/h8-10H,5-7,13H2,1-4H3. The molecular weight excluding hydrogens is 186 g/mol. The molecule has 15 heavy (non-hydrogen) atoms. The summed E-state index contributed by atoms with van der Waals surface area (Å²) in [4.78, 5) is 4.53. The van der Waals surface area contributed by atoms with Crippen LogP contribution >= 0.6 is 0 Å². The first kappa shape index (κ1) is 12.2. The molecule has 3 nitrogen and oxygen atoms in total. The average molecular weight is 209 g/mol. The van der Waals surface area contributed by atoms with Crippen LogP contribution in [0.2, 0.25) is 0 Å². The molecule has 0 bridgehead atoms. The number of aromatic nitrogens is 2. The summed E-state index contributed by atoms with van der Waals surface area (Å²) in [5.74, 6) is 1.77. The van der Waals surface area contributed by atoms with Gasteiger partial charge in [-0.3, -0.25) is 0 Å². The highest BCUT2D eigenvalue weighted by Gasteiger charge is 2.17. The summed E-state index contributed by atoms with van der Waals surface area (Å²) >= 11 is 0. The zero-order chi connectivity index (χ0) is 11.4. The fourth-order valence-electron chi connectivity index (χ4n) is 2.09. The third-order valence-electron chi connectivity index (χ3n) is 3.05. The summed E-state index contributed by atoms with van der Waals surface area (Å²) in [6.07, 6.45) is 4.22. The van der Waals surface area contributed by atoms with Gasteiger partial charge in [0.15, 0.2) is 0 Å². The van der Waals surface area contributed by atoms with Crippen LogP contribution < -0.4 is 5.73 Å². The lowest BCUT2D eigenvalue weighted by Gasteiger charge is -2.16. The molecular formula is C12H23N3. The van der Waals surface area contributed by atoms with E-state index in [-0.39, 0.29) is 6.04 Å². The van der Waals surface area contributed by atoms with E-state index in [0.29, 0.717) is 5.92 Å². The molecule has 0 aliphatic carbocycles. The largest absolute Gasteiger partial charge is 0.331 e. The predicted molar refractivity (Wildman–Crippen MR) is 63.8 cm³/mol. The van der Waals surface area contributed by atoms with Crippen molar-refractivity contribution in [1.29, 1.82) is 0 Å². The van der Waals surface area contributed by atoms with E-state index in [2.05, 4.69) is 30.3 Å². The van der Waals surface area contributed by atoms with Crippen molar-refractivity contribution >= 4 is 0 Å². The van der Waals surface area contributed by atoms with Gasteiger partial charge in [0.05, 0.1) is 11.9 Å². The van der Waals surface area contributed by atoms with Crippen LogP contribution in [0.5, 0.6) is 0 Å². The molecule has 0 spiro atoms. The minimum absolute atomic E-state index is 0.0700. The lowest BCUT2D eigenvalue weighted by Crippen LogP contribution is -2.15. The zero-order valence-corrected chi connectivity index (χ0v) is 10.3. The lowest BCUT2D eigenvalue weighted by atomic mass is 10.0. The Morgan fingerprint density at radius 2 is 1.93 bits per heavy atom. The molecule has 1 atom stereocenters. The van der Waals surface area contributed by atoms with Crippen molar-refractivity contribution in [2.45, 2.75) is 59.0 Å². The molecule has 1 unspecified atom stereocenters. The van der Waals surface area contributed by atoms with Gasteiger partial charge in [0.1, 0.15) is 5.82 Å². The van der Waals surface area contributed by atoms with Crippen LogP contribution in [0.15, 0.2) is 6.20 Å². The number of nitrogens with two attached hydrogens (primary N) is 1. The van der Waals surface area contributed by atoms with Crippen LogP contribution in [0.4, 0.5) is 0 Å². The van der Waals surface area contributed by atoms with Crippen molar-refractivity contribution in [3.63, 3.8) is 0 Å². The van der Waals surface area contributed by atoms with E-state index in [1.807, 2.05) is 13.1 Å². The number of hydrogen-bond acceptors (Lipinski definition) is 2. The molecule has 0 saturated heterocycles. The Kier molecular flexibility index (Phi) is 4.33. The van der Waals surface area contributed by atoms with Gasteiger partial charge >= 0.3 is 0 Å². The Balaban J connectivity index is 3.08. The number of rotatable bonds is 5.